The SMILES string of the molecule is c1ccc(-n2c3ccccc3c3c4ncccc4c4c5ccccc5n(-c5cnccn5)c4c32)cc1. The maximum absolute atomic E-state index is 4.95. The minimum absolute atomic E-state index is 0.790. The molecule has 0 radical (unpaired) electrons. The van der Waals surface area contributed by atoms with Crippen molar-refractivity contribution in [2.75, 3.05) is 0 Å². The Bertz CT molecular complexity index is 1930. The van der Waals surface area contributed by atoms with Crippen molar-refractivity contribution in [1.29, 1.82) is 0 Å². The van der Waals surface area contributed by atoms with Gasteiger partial charge in [0.2, 0.25) is 0 Å². The molecule has 0 unspecified atom stereocenters. The van der Waals surface area contributed by atoms with Gasteiger partial charge in [0.15, 0.2) is 5.82 Å². The maximum Gasteiger partial charge on any atom is 0.156 e. The van der Waals surface area contributed by atoms with Crippen LogP contribution in [0.3, 0.4) is 0 Å². The molecule has 8 aromatic rings. The number of aromatic nitrogens is 5. The molecule has 168 valence electrons. The molecule has 4 aromatic carbocycles. The van der Waals surface area contributed by atoms with Gasteiger partial charge in [0, 0.05) is 51.2 Å². The van der Waals surface area contributed by atoms with Crippen molar-refractivity contribution in [2.45, 2.75) is 0 Å². The average molecular weight is 462 g/mol. The van der Waals surface area contributed by atoms with Gasteiger partial charge in [-0.05, 0) is 30.3 Å². The van der Waals surface area contributed by atoms with Gasteiger partial charge in [-0.25, -0.2) is 4.98 Å². The van der Waals surface area contributed by atoms with Gasteiger partial charge >= 0.3 is 0 Å². The van der Waals surface area contributed by atoms with E-state index in [1.54, 1.807) is 12.4 Å². The van der Waals surface area contributed by atoms with Gasteiger partial charge in [0.1, 0.15) is 0 Å². The third-order valence-corrected chi connectivity index (χ3v) is 7.08. The van der Waals surface area contributed by atoms with Crippen LogP contribution in [-0.4, -0.2) is 24.1 Å². The first-order valence-corrected chi connectivity index (χ1v) is 12.0. The number of rotatable bonds is 2. The average Bonchev–Trinajstić information content (AvgIpc) is 3.48. The Morgan fingerprint density at radius 3 is 1.94 bits per heavy atom. The Morgan fingerprint density at radius 1 is 0.500 bits per heavy atom. The van der Waals surface area contributed by atoms with E-state index in [2.05, 4.69) is 99.0 Å². The second-order valence-electron chi connectivity index (χ2n) is 8.95. The lowest BCUT2D eigenvalue weighted by Crippen LogP contribution is -2.01. The Labute approximate surface area is 205 Å². The first-order valence-electron chi connectivity index (χ1n) is 12.0. The highest BCUT2D eigenvalue weighted by Crippen LogP contribution is 2.45. The molecule has 0 aliphatic carbocycles. The van der Waals surface area contributed by atoms with E-state index in [4.69, 9.17) is 9.97 Å². The van der Waals surface area contributed by atoms with E-state index in [-0.39, 0.29) is 0 Å². The second kappa shape index (κ2) is 7.23. The summed E-state index contributed by atoms with van der Waals surface area (Å²) in [6.07, 6.45) is 7.19. The molecule has 5 nitrogen and oxygen atoms in total. The van der Waals surface area contributed by atoms with E-state index in [1.807, 2.05) is 18.5 Å². The Hall–Kier alpha value is -5.03. The Morgan fingerprint density at radius 2 is 1.17 bits per heavy atom. The summed E-state index contributed by atoms with van der Waals surface area (Å²) in [6.45, 7) is 0. The van der Waals surface area contributed by atoms with E-state index in [1.165, 1.54) is 16.2 Å². The highest BCUT2D eigenvalue weighted by Gasteiger charge is 2.25. The molecule has 0 spiro atoms. The normalized spacial score (nSPS) is 11.9. The van der Waals surface area contributed by atoms with Crippen molar-refractivity contribution >= 4 is 54.5 Å². The zero-order chi connectivity index (χ0) is 23.6. The number of hydrogen-bond acceptors (Lipinski definition) is 3. The number of pyridine rings is 1. The van der Waals surface area contributed by atoms with Crippen LogP contribution in [0.15, 0.2) is 116 Å². The molecule has 0 bridgehead atoms. The summed E-state index contributed by atoms with van der Waals surface area (Å²) in [5.41, 5.74) is 6.58. The monoisotopic (exact) mass is 461 g/mol. The van der Waals surface area contributed by atoms with Crippen molar-refractivity contribution in [2.24, 2.45) is 0 Å². The lowest BCUT2D eigenvalue weighted by molar-refractivity contribution is 1.04. The van der Waals surface area contributed by atoms with Gasteiger partial charge in [-0.15, -0.1) is 0 Å². The topological polar surface area (TPSA) is 48.5 Å². The number of nitrogens with zero attached hydrogens (tertiary/aromatic N) is 5. The summed E-state index contributed by atoms with van der Waals surface area (Å²) in [5, 5.41) is 5.80. The summed E-state index contributed by atoms with van der Waals surface area (Å²) in [5.74, 6) is 0.790. The van der Waals surface area contributed by atoms with Gasteiger partial charge in [0.25, 0.3) is 0 Å². The van der Waals surface area contributed by atoms with Gasteiger partial charge in [0.05, 0.1) is 33.8 Å². The van der Waals surface area contributed by atoms with E-state index in [9.17, 15) is 0 Å². The number of hydrogen-bond donors (Lipinski definition) is 0. The Balaban J connectivity index is 1.79. The molecule has 4 heterocycles. The van der Waals surface area contributed by atoms with Gasteiger partial charge < -0.3 is 4.57 Å². The molecular formula is C31H19N5. The first-order chi connectivity index (χ1) is 17.9. The van der Waals surface area contributed by atoms with Crippen molar-refractivity contribution in [1.82, 2.24) is 24.1 Å². The van der Waals surface area contributed by atoms with Crippen LogP contribution in [0.4, 0.5) is 0 Å². The molecule has 0 saturated carbocycles. The molecule has 0 atom stereocenters. The molecule has 0 fully saturated rings. The smallest absolute Gasteiger partial charge is 0.156 e. The van der Waals surface area contributed by atoms with Crippen molar-refractivity contribution in [3.8, 4) is 11.5 Å². The minimum atomic E-state index is 0.790. The highest BCUT2D eigenvalue weighted by atomic mass is 15.1. The molecule has 36 heavy (non-hydrogen) atoms. The van der Waals surface area contributed by atoms with Crippen LogP contribution >= 0.6 is 0 Å². The third kappa shape index (κ3) is 2.46. The van der Waals surface area contributed by atoms with Crippen molar-refractivity contribution < 1.29 is 0 Å². The van der Waals surface area contributed by atoms with Crippen LogP contribution in [0, 0.1) is 0 Å². The predicted octanol–water partition coefficient (Wildman–Crippen LogP) is 7.22. The van der Waals surface area contributed by atoms with Crippen LogP contribution in [0.1, 0.15) is 0 Å². The summed E-state index contributed by atoms with van der Waals surface area (Å²) in [4.78, 5) is 14.1. The fourth-order valence-electron chi connectivity index (χ4n) is 5.74. The molecule has 8 rings (SSSR count). The molecule has 4 aromatic heterocycles. The summed E-state index contributed by atoms with van der Waals surface area (Å²) >= 11 is 0. The van der Waals surface area contributed by atoms with Crippen LogP contribution in [-0.2, 0) is 0 Å². The molecular weight excluding hydrogens is 442 g/mol. The molecule has 0 aliphatic heterocycles. The minimum Gasteiger partial charge on any atom is -0.307 e. The van der Waals surface area contributed by atoms with Crippen LogP contribution in [0.5, 0.6) is 0 Å². The highest BCUT2D eigenvalue weighted by molar-refractivity contribution is 6.35. The second-order valence-corrected chi connectivity index (χ2v) is 8.95. The fourth-order valence-corrected chi connectivity index (χ4v) is 5.74. The fraction of sp³-hybridized carbons (Fsp3) is 0. The predicted molar refractivity (Wildman–Crippen MR) is 146 cm³/mol. The van der Waals surface area contributed by atoms with Crippen molar-refractivity contribution in [3.05, 3.63) is 116 Å². The zero-order valence-electron chi connectivity index (χ0n) is 19.2. The molecule has 0 aliphatic rings. The summed E-state index contributed by atoms with van der Waals surface area (Å²) in [7, 11) is 0. The quantitative estimate of drug-likeness (QED) is 0.273. The van der Waals surface area contributed by atoms with Crippen molar-refractivity contribution in [3.63, 3.8) is 0 Å². The lowest BCUT2D eigenvalue weighted by Gasteiger charge is -2.12. The summed E-state index contributed by atoms with van der Waals surface area (Å²) in [6, 6.07) is 31.9. The van der Waals surface area contributed by atoms with Gasteiger partial charge in [-0.1, -0.05) is 60.7 Å². The van der Waals surface area contributed by atoms with E-state index in [0.717, 1.165) is 49.9 Å². The standard InChI is InChI=1S/C31H19N5/c1-2-9-20(10-3-1)35-24-14-6-5-12-22(24)28-29-23(13-8-16-34-29)27-21-11-4-7-15-25(21)36(30(27)31(28)35)26-19-32-17-18-33-26/h1-19H. The largest absolute Gasteiger partial charge is 0.307 e. The maximum atomic E-state index is 4.95. The van der Waals surface area contributed by atoms with Crippen LogP contribution in [0.25, 0.3) is 66.0 Å². The van der Waals surface area contributed by atoms with Gasteiger partial charge in [-0.2, -0.15) is 0 Å². The molecule has 5 heteroatoms. The molecule has 0 N–H and O–H groups in total. The number of benzene rings is 4. The van der Waals surface area contributed by atoms with E-state index < -0.39 is 0 Å². The van der Waals surface area contributed by atoms with E-state index in [0.29, 0.717) is 0 Å². The van der Waals surface area contributed by atoms with E-state index >= 15 is 0 Å². The third-order valence-electron chi connectivity index (χ3n) is 7.08. The first kappa shape index (κ1) is 19.3. The van der Waals surface area contributed by atoms with Crippen LogP contribution in [0.2, 0.25) is 0 Å². The Kier molecular flexibility index (Phi) is 3.88. The number of para-hydroxylation sites is 3. The number of fused-ring (bicyclic) bond motifs is 10. The molecule has 0 saturated heterocycles. The van der Waals surface area contributed by atoms with Crippen LogP contribution < -0.4 is 0 Å². The lowest BCUT2D eigenvalue weighted by atomic mass is 10.0. The summed E-state index contributed by atoms with van der Waals surface area (Å²) < 4.78 is 4.62. The van der Waals surface area contributed by atoms with Gasteiger partial charge in [-0.3, -0.25) is 14.5 Å². The zero-order valence-corrected chi connectivity index (χ0v) is 19.2. The molecule has 0 amide bonds.